The summed E-state index contributed by atoms with van der Waals surface area (Å²) in [7, 11) is 0. The first-order valence-corrected chi connectivity index (χ1v) is 11.1. The third kappa shape index (κ3) is 4.51. The van der Waals surface area contributed by atoms with E-state index in [1.54, 1.807) is 30.3 Å². The fourth-order valence-corrected chi connectivity index (χ4v) is 4.03. The summed E-state index contributed by atoms with van der Waals surface area (Å²) in [6.45, 7) is 0.171. The quantitative estimate of drug-likeness (QED) is 0.220. The first-order valence-electron chi connectivity index (χ1n) is 9.73. The lowest BCUT2D eigenvalue weighted by Crippen LogP contribution is -2.20. The van der Waals surface area contributed by atoms with Gasteiger partial charge in [0.15, 0.2) is 17.2 Å². The number of carbonyl (C=O) groups is 1. The van der Waals surface area contributed by atoms with E-state index < -0.39 is 5.91 Å². The molecule has 34 heavy (non-hydrogen) atoms. The lowest BCUT2D eigenvalue weighted by atomic mass is 10.2. The molecule has 5 rings (SSSR count). The number of amides is 1. The first kappa shape index (κ1) is 21.7. The summed E-state index contributed by atoms with van der Waals surface area (Å²) in [4.78, 5) is 13.8. The number of halogens is 1. The number of thioether (sulfide) groups is 1. The highest BCUT2D eigenvalue weighted by Gasteiger charge is 2.24. The summed E-state index contributed by atoms with van der Waals surface area (Å²) in [5.41, 5.74) is 9.47. The van der Waals surface area contributed by atoms with E-state index in [0.29, 0.717) is 33.5 Å². The number of benzene rings is 2. The van der Waals surface area contributed by atoms with Crippen LogP contribution >= 0.6 is 23.4 Å². The Morgan fingerprint density at radius 1 is 1.21 bits per heavy atom. The Balaban J connectivity index is 1.36. The monoisotopic (exact) mass is 498 g/mol. The minimum Gasteiger partial charge on any atom is -0.454 e. The molecule has 3 heterocycles. The Kier molecular flexibility index (Phi) is 6.01. The number of anilines is 1. The van der Waals surface area contributed by atoms with Crippen LogP contribution in [-0.4, -0.2) is 44.2 Å². The van der Waals surface area contributed by atoms with Crippen LogP contribution < -0.4 is 20.6 Å². The molecule has 0 unspecified atom stereocenters. The lowest BCUT2D eigenvalue weighted by molar-refractivity contribution is 0.0949. The maximum Gasteiger partial charge on any atom is 0.293 e. The number of nitrogen functional groups attached to an aromatic ring is 1. The summed E-state index contributed by atoms with van der Waals surface area (Å²) < 4.78 is 16.6. The maximum atomic E-state index is 12.9. The zero-order valence-corrected chi connectivity index (χ0v) is 18.8. The lowest BCUT2D eigenvalue weighted by Gasteiger charge is -2.06. The molecule has 0 aliphatic carbocycles. The van der Waals surface area contributed by atoms with Crippen LogP contribution in [0.4, 0.5) is 5.82 Å². The van der Waals surface area contributed by atoms with Crippen molar-refractivity contribution in [1.29, 1.82) is 0 Å². The highest BCUT2D eigenvalue weighted by molar-refractivity contribution is 7.98. The molecule has 0 spiro atoms. The van der Waals surface area contributed by atoms with Gasteiger partial charge < -0.3 is 15.2 Å². The second kappa shape index (κ2) is 9.41. The van der Waals surface area contributed by atoms with E-state index in [2.05, 4.69) is 35.8 Å². The van der Waals surface area contributed by atoms with Gasteiger partial charge in [0.2, 0.25) is 18.4 Å². The Labute approximate surface area is 201 Å². The van der Waals surface area contributed by atoms with Gasteiger partial charge in [-0.25, -0.2) is 10.1 Å². The fourth-order valence-electron chi connectivity index (χ4n) is 3.01. The summed E-state index contributed by atoms with van der Waals surface area (Å²) in [5, 5.41) is 20.0. The van der Waals surface area contributed by atoms with Gasteiger partial charge in [0, 0.05) is 15.7 Å². The van der Waals surface area contributed by atoms with Crippen LogP contribution in [0.2, 0.25) is 5.02 Å². The van der Waals surface area contributed by atoms with Gasteiger partial charge >= 0.3 is 0 Å². The van der Waals surface area contributed by atoms with E-state index in [1.165, 1.54) is 22.7 Å². The second-order valence-electron chi connectivity index (χ2n) is 6.82. The average molecular weight is 499 g/mol. The Bertz CT molecular complexity index is 1370. The van der Waals surface area contributed by atoms with Crippen LogP contribution in [0, 0.1) is 0 Å². The standard InChI is InChI=1S/C20H15ClN8O4S/c21-12-2-4-13(5-3-12)34-9-14-17(24-28-29(14)19-18(22)26-33-27-19)20(30)25-23-8-11-1-6-15-16(7-11)32-10-31-15/h1-8H,9-10H2,(H2,22,26)(H,25,30)/b23-8-. The number of nitrogens with two attached hydrogens (primary N) is 1. The van der Waals surface area contributed by atoms with Crippen molar-refractivity contribution < 1.29 is 18.9 Å². The third-order valence-electron chi connectivity index (χ3n) is 4.64. The number of fused-ring (bicyclic) bond motifs is 1. The van der Waals surface area contributed by atoms with Crippen LogP contribution in [-0.2, 0) is 5.75 Å². The smallest absolute Gasteiger partial charge is 0.293 e. The minimum atomic E-state index is -0.565. The summed E-state index contributed by atoms with van der Waals surface area (Å²) in [5.74, 6) is 1.15. The van der Waals surface area contributed by atoms with E-state index in [9.17, 15) is 4.79 Å². The number of hydrogen-bond donors (Lipinski definition) is 2. The largest absolute Gasteiger partial charge is 0.454 e. The number of rotatable bonds is 7. The zero-order valence-electron chi connectivity index (χ0n) is 17.2. The van der Waals surface area contributed by atoms with Gasteiger partial charge in [0.05, 0.1) is 11.9 Å². The molecule has 12 nitrogen and oxygen atoms in total. The predicted molar refractivity (Wildman–Crippen MR) is 122 cm³/mol. The zero-order chi connectivity index (χ0) is 23.5. The van der Waals surface area contributed by atoms with Crippen molar-refractivity contribution in [2.45, 2.75) is 10.6 Å². The molecule has 1 aliphatic heterocycles. The fraction of sp³-hybridized carbons (Fsp3) is 0.100. The number of hydrazone groups is 1. The molecule has 14 heteroatoms. The highest BCUT2D eigenvalue weighted by Crippen LogP contribution is 2.32. The number of ether oxygens (including phenoxy) is 2. The molecule has 0 saturated carbocycles. The van der Waals surface area contributed by atoms with Gasteiger partial charge in [-0.3, -0.25) is 4.79 Å². The molecule has 172 valence electrons. The van der Waals surface area contributed by atoms with Crippen molar-refractivity contribution in [2.75, 3.05) is 12.5 Å². The van der Waals surface area contributed by atoms with Crippen LogP contribution in [0.3, 0.4) is 0 Å². The van der Waals surface area contributed by atoms with Gasteiger partial charge in [0.1, 0.15) is 0 Å². The van der Waals surface area contributed by atoms with E-state index in [0.717, 1.165) is 4.90 Å². The number of nitrogens with one attached hydrogen (secondary N) is 1. The summed E-state index contributed by atoms with van der Waals surface area (Å²) in [6, 6.07) is 12.6. The normalized spacial score (nSPS) is 12.4. The van der Waals surface area contributed by atoms with E-state index in [-0.39, 0.29) is 24.1 Å². The van der Waals surface area contributed by atoms with Crippen LogP contribution in [0.25, 0.3) is 5.82 Å². The molecule has 0 saturated heterocycles. The van der Waals surface area contributed by atoms with Crippen LogP contribution in [0.1, 0.15) is 21.7 Å². The van der Waals surface area contributed by atoms with E-state index >= 15 is 0 Å². The Morgan fingerprint density at radius 2 is 2.03 bits per heavy atom. The molecular formula is C20H15ClN8O4S. The number of aromatic nitrogens is 5. The van der Waals surface area contributed by atoms with Gasteiger partial charge in [-0.05, 0) is 58.3 Å². The van der Waals surface area contributed by atoms with Gasteiger partial charge in [-0.1, -0.05) is 16.8 Å². The Morgan fingerprint density at radius 3 is 2.82 bits per heavy atom. The first-order chi connectivity index (χ1) is 16.6. The number of hydrogen-bond acceptors (Lipinski definition) is 11. The van der Waals surface area contributed by atoms with Crippen molar-refractivity contribution in [3.8, 4) is 17.3 Å². The molecule has 4 aromatic rings. The maximum absolute atomic E-state index is 12.9. The van der Waals surface area contributed by atoms with Crippen molar-refractivity contribution in [3.63, 3.8) is 0 Å². The molecule has 0 bridgehead atoms. The number of nitrogens with zero attached hydrogens (tertiary/aromatic N) is 6. The van der Waals surface area contributed by atoms with Gasteiger partial charge in [0.25, 0.3) is 5.91 Å². The Hall–Kier alpha value is -4.10. The molecular weight excluding hydrogens is 484 g/mol. The summed E-state index contributed by atoms with van der Waals surface area (Å²) in [6.07, 6.45) is 1.48. The average Bonchev–Trinajstić information content (AvgIpc) is 3.57. The molecule has 0 fully saturated rings. The van der Waals surface area contributed by atoms with Crippen molar-refractivity contribution >= 4 is 41.3 Å². The predicted octanol–water partition coefficient (Wildman–Crippen LogP) is 2.67. The van der Waals surface area contributed by atoms with E-state index in [4.69, 9.17) is 26.8 Å². The highest BCUT2D eigenvalue weighted by atomic mass is 35.5. The van der Waals surface area contributed by atoms with Crippen molar-refractivity contribution in [3.05, 3.63) is 64.4 Å². The molecule has 0 atom stereocenters. The van der Waals surface area contributed by atoms with Crippen LogP contribution in [0.15, 0.2) is 57.1 Å². The van der Waals surface area contributed by atoms with Crippen molar-refractivity contribution in [1.82, 2.24) is 30.7 Å². The second-order valence-corrected chi connectivity index (χ2v) is 8.31. The molecule has 1 amide bonds. The number of carbonyl (C=O) groups excluding carboxylic acids is 1. The molecule has 1 aliphatic rings. The molecule has 2 aromatic heterocycles. The SMILES string of the molecule is Nc1nonc1-n1nnc(C(=O)N/N=C\c2ccc3c(c2)OCO3)c1CSc1ccc(Cl)cc1. The molecule has 3 N–H and O–H groups in total. The van der Waals surface area contributed by atoms with Gasteiger partial charge in [-0.15, -0.1) is 16.9 Å². The van der Waals surface area contributed by atoms with E-state index in [1.807, 2.05) is 12.1 Å². The third-order valence-corrected chi connectivity index (χ3v) is 5.92. The van der Waals surface area contributed by atoms with Crippen LogP contribution in [0.5, 0.6) is 11.5 Å². The minimum absolute atomic E-state index is 0.00966. The topological polar surface area (TPSA) is 156 Å². The molecule has 2 aromatic carbocycles. The summed E-state index contributed by atoms with van der Waals surface area (Å²) >= 11 is 7.40. The van der Waals surface area contributed by atoms with Crippen molar-refractivity contribution in [2.24, 2.45) is 5.10 Å². The molecule has 0 radical (unpaired) electrons. The van der Waals surface area contributed by atoms with Gasteiger partial charge in [-0.2, -0.15) is 9.78 Å².